The van der Waals surface area contributed by atoms with E-state index in [0.717, 1.165) is 33.0 Å². The summed E-state index contributed by atoms with van der Waals surface area (Å²) in [5.41, 5.74) is 11.4. The predicted molar refractivity (Wildman–Crippen MR) is 145 cm³/mol. The quantitative estimate of drug-likeness (QED) is 0.207. The fourth-order valence-corrected chi connectivity index (χ4v) is 5.71. The Morgan fingerprint density at radius 2 is 1.15 bits per heavy atom. The van der Waals surface area contributed by atoms with Gasteiger partial charge in [0, 0.05) is 21.8 Å². The van der Waals surface area contributed by atoms with Crippen LogP contribution >= 0.6 is 0 Å². The average Bonchev–Trinajstić information content (AvgIpc) is 3.23. The molecule has 34 heavy (non-hydrogen) atoms. The van der Waals surface area contributed by atoms with Crippen LogP contribution in [0, 0.1) is 0 Å². The fraction of sp³-hybridized carbons (Fsp3) is 0. The average molecular weight is 434 g/mol. The Bertz CT molecular complexity index is 2080. The molecule has 0 saturated carbocycles. The van der Waals surface area contributed by atoms with E-state index in [2.05, 4.69) is 97.1 Å². The zero-order valence-corrected chi connectivity index (χ0v) is 18.3. The van der Waals surface area contributed by atoms with Crippen molar-refractivity contribution >= 4 is 70.7 Å². The molecule has 7 aromatic carbocycles. The second-order valence-electron chi connectivity index (χ2n) is 9.20. The first-order chi connectivity index (χ1) is 16.7. The number of fused-ring (bicyclic) bond motifs is 4. The molecule has 158 valence electrons. The van der Waals surface area contributed by atoms with E-state index in [9.17, 15) is 0 Å². The van der Waals surface area contributed by atoms with Gasteiger partial charge in [0.15, 0.2) is 0 Å². The zero-order chi connectivity index (χ0) is 22.4. The molecule has 0 fully saturated rings. The number of nitrogen functional groups attached to an aromatic ring is 1. The van der Waals surface area contributed by atoms with Gasteiger partial charge in [-0.15, -0.1) is 0 Å². The first-order valence-corrected chi connectivity index (χ1v) is 11.6. The van der Waals surface area contributed by atoms with Gasteiger partial charge < -0.3 is 10.2 Å². The maximum Gasteiger partial charge on any atom is 0.136 e. The van der Waals surface area contributed by atoms with E-state index in [4.69, 9.17) is 10.2 Å². The molecule has 8 aromatic rings. The molecule has 0 atom stereocenters. The number of hydrogen-bond donors (Lipinski definition) is 1. The maximum absolute atomic E-state index is 6.35. The van der Waals surface area contributed by atoms with Gasteiger partial charge in [-0.05, 0) is 79.2 Å². The standard InChI is InChI=1S/C32H19NO/c33-28-13-8-19-6-11-24-23(10-5-18-7-12-25(28)32(19)31(18)24)22-9-14-29-26(16-22)27-15-20-3-1-2-4-21(20)17-30(27)34-29/h1-17H,33H2. The molecule has 0 amide bonds. The highest BCUT2D eigenvalue weighted by Crippen LogP contribution is 2.42. The second kappa shape index (κ2) is 6.27. The Morgan fingerprint density at radius 1 is 0.471 bits per heavy atom. The van der Waals surface area contributed by atoms with Crippen molar-refractivity contribution in [3.63, 3.8) is 0 Å². The number of rotatable bonds is 1. The van der Waals surface area contributed by atoms with Crippen LogP contribution in [-0.4, -0.2) is 0 Å². The van der Waals surface area contributed by atoms with E-state index in [1.165, 1.54) is 48.8 Å². The lowest BCUT2D eigenvalue weighted by Gasteiger charge is -2.15. The summed E-state index contributed by atoms with van der Waals surface area (Å²) in [4.78, 5) is 0. The van der Waals surface area contributed by atoms with E-state index in [1.54, 1.807) is 0 Å². The summed E-state index contributed by atoms with van der Waals surface area (Å²) >= 11 is 0. The summed E-state index contributed by atoms with van der Waals surface area (Å²) in [5, 5.41) is 12.1. The SMILES string of the molecule is Nc1ccc2ccc3c(-c4ccc5oc6cc7ccccc7cc6c5c4)ccc4ccc1c2c43. The first-order valence-electron chi connectivity index (χ1n) is 11.6. The van der Waals surface area contributed by atoms with Gasteiger partial charge in [0.1, 0.15) is 11.2 Å². The molecule has 2 N–H and O–H groups in total. The highest BCUT2D eigenvalue weighted by Gasteiger charge is 2.15. The summed E-state index contributed by atoms with van der Waals surface area (Å²) in [6, 6.07) is 36.8. The lowest BCUT2D eigenvalue weighted by molar-refractivity contribution is 0.669. The van der Waals surface area contributed by atoms with Crippen LogP contribution in [0.25, 0.3) is 76.2 Å². The van der Waals surface area contributed by atoms with E-state index in [0.29, 0.717) is 0 Å². The summed E-state index contributed by atoms with van der Waals surface area (Å²) in [6.07, 6.45) is 0. The molecule has 0 aliphatic rings. The van der Waals surface area contributed by atoms with Crippen LogP contribution in [0.4, 0.5) is 5.69 Å². The predicted octanol–water partition coefficient (Wildman–Crippen LogP) is 8.89. The second-order valence-corrected chi connectivity index (χ2v) is 9.20. The Balaban J connectivity index is 1.45. The van der Waals surface area contributed by atoms with Gasteiger partial charge >= 0.3 is 0 Å². The van der Waals surface area contributed by atoms with Crippen LogP contribution in [0.2, 0.25) is 0 Å². The minimum Gasteiger partial charge on any atom is -0.456 e. The molecule has 0 radical (unpaired) electrons. The van der Waals surface area contributed by atoms with Crippen LogP contribution in [0.3, 0.4) is 0 Å². The lowest BCUT2D eigenvalue weighted by Crippen LogP contribution is -1.91. The summed E-state index contributed by atoms with van der Waals surface area (Å²) < 4.78 is 6.23. The molecule has 0 aliphatic heterocycles. The van der Waals surface area contributed by atoms with Crippen molar-refractivity contribution in [2.24, 2.45) is 0 Å². The van der Waals surface area contributed by atoms with Crippen molar-refractivity contribution in [1.29, 1.82) is 0 Å². The van der Waals surface area contributed by atoms with Gasteiger partial charge in [-0.25, -0.2) is 0 Å². The third kappa shape index (κ3) is 2.29. The molecular weight excluding hydrogens is 414 g/mol. The van der Waals surface area contributed by atoms with Crippen LogP contribution in [0.15, 0.2) is 108 Å². The molecule has 0 aliphatic carbocycles. The highest BCUT2D eigenvalue weighted by atomic mass is 16.3. The number of benzene rings is 7. The first kappa shape index (κ1) is 17.9. The van der Waals surface area contributed by atoms with Gasteiger partial charge in [0.2, 0.25) is 0 Å². The van der Waals surface area contributed by atoms with Crippen LogP contribution in [-0.2, 0) is 0 Å². The fourth-order valence-electron chi connectivity index (χ4n) is 5.71. The van der Waals surface area contributed by atoms with E-state index in [1.807, 2.05) is 6.07 Å². The van der Waals surface area contributed by atoms with E-state index < -0.39 is 0 Å². The molecule has 8 rings (SSSR count). The largest absolute Gasteiger partial charge is 0.456 e. The van der Waals surface area contributed by atoms with Gasteiger partial charge in [0.25, 0.3) is 0 Å². The van der Waals surface area contributed by atoms with Crippen molar-refractivity contribution in [3.8, 4) is 11.1 Å². The minimum absolute atomic E-state index is 0.825. The minimum atomic E-state index is 0.825. The van der Waals surface area contributed by atoms with Gasteiger partial charge in [-0.2, -0.15) is 0 Å². The van der Waals surface area contributed by atoms with Crippen LogP contribution in [0.5, 0.6) is 0 Å². The highest BCUT2D eigenvalue weighted by molar-refractivity contribution is 6.27. The molecule has 2 nitrogen and oxygen atoms in total. The Labute approximate surface area is 195 Å². The molecule has 2 heteroatoms. The molecule has 1 aromatic heterocycles. The Kier molecular flexibility index (Phi) is 3.31. The zero-order valence-electron chi connectivity index (χ0n) is 18.3. The monoisotopic (exact) mass is 433 g/mol. The van der Waals surface area contributed by atoms with Crippen molar-refractivity contribution in [1.82, 2.24) is 0 Å². The third-order valence-corrected chi connectivity index (χ3v) is 7.35. The topological polar surface area (TPSA) is 39.2 Å². The van der Waals surface area contributed by atoms with E-state index in [-0.39, 0.29) is 0 Å². The third-order valence-electron chi connectivity index (χ3n) is 7.35. The molecular formula is C32H19NO. The number of anilines is 1. The van der Waals surface area contributed by atoms with E-state index >= 15 is 0 Å². The van der Waals surface area contributed by atoms with Crippen molar-refractivity contribution in [3.05, 3.63) is 103 Å². The molecule has 1 heterocycles. The van der Waals surface area contributed by atoms with Gasteiger partial charge in [-0.3, -0.25) is 0 Å². The maximum atomic E-state index is 6.35. The summed E-state index contributed by atoms with van der Waals surface area (Å²) in [5.74, 6) is 0. The number of nitrogens with two attached hydrogens (primary N) is 1. The Hall–Kier alpha value is -4.56. The van der Waals surface area contributed by atoms with Crippen LogP contribution < -0.4 is 5.73 Å². The smallest absolute Gasteiger partial charge is 0.136 e. The normalized spacial score (nSPS) is 12.2. The molecule has 0 bridgehead atoms. The van der Waals surface area contributed by atoms with Crippen molar-refractivity contribution < 1.29 is 4.42 Å². The lowest BCUT2D eigenvalue weighted by atomic mass is 9.89. The van der Waals surface area contributed by atoms with Crippen LogP contribution in [0.1, 0.15) is 0 Å². The van der Waals surface area contributed by atoms with Crippen molar-refractivity contribution in [2.45, 2.75) is 0 Å². The molecule has 0 unspecified atom stereocenters. The van der Waals surface area contributed by atoms with Gasteiger partial charge in [-0.1, -0.05) is 72.8 Å². The Morgan fingerprint density at radius 3 is 2.00 bits per heavy atom. The molecule has 0 saturated heterocycles. The molecule has 0 spiro atoms. The summed E-state index contributed by atoms with van der Waals surface area (Å²) in [7, 11) is 0. The summed E-state index contributed by atoms with van der Waals surface area (Å²) in [6.45, 7) is 0. The van der Waals surface area contributed by atoms with Crippen molar-refractivity contribution in [2.75, 3.05) is 5.73 Å². The van der Waals surface area contributed by atoms with Gasteiger partial charge in [0.05, 0.1) is 0 Å². The number of furan rings is 1. The number of hydrogen-bond acceptors (Lipinski definition) is 2.